The maximum Gasteiger partial charge on any atom is 0.313 e. The summed E-state index contributed by atoms with van der Waals surface area (Å²) in [5, 5.41) is 12.8. The molecule has 1 heterocycles. The molecule has 0 bridgehead atoms. The smallest absolute Gasteiger partial charge is 0.313 e. The molecule has 0 aliphatic rings. The Balaban J connectivity index is 1.86. The Bertz CT molecular complexity index is 1020. The average Bonchev–Trinajstić information content (AvgIpc) is 3.20. The number of benzene rings is 2. The van der Waals surface area contributed by atoms with Crippen molar-refractivity contribution in [3.63, 3.8) is 0 Å². The molecule has 0 spiro atoms. The van der Waals surface area contributed by atoms with Crippen LogP contribution in [0.1, 0.15) is 30.9 Å². The molecule has 5 nitrogen and oxygen atoms in total. The monoisotopic (exact) mass is 480 g/mol. The highest BCUT2D eigenvalue weighted by Crippen LogP contribution is 2.34. The summed E-state index contributed by atoms with van der Waals surface area (Å²) in [4.78, 5) is 17.1. The van der Waals surface area contributed by atoms with Gasteiger partial charge in [-0.15, -0.1) is 0 Å². The van der Waals surface area contributed by atoms with Gasteiger partial charge in [0.25, 0.3) is 0 Å². The van der Waals surface area contributed by atoms with Crippen LogP contribution in [-0.4, -0.2) is 27.2 Å². The predicted octanol–water partition coefficient (Wildman–Crippen LogP) is 5.71. The van der Waals surface area contributed by atoms with Crippen molar-refractivity contribution in [2.45, 2.75) is 31.9 Å². The number of hydrogen-bond donors (Lipinski definition) is 1. The van der Waals surface area contributed by atoms with Crippen LogP contribution in [0.3, 0.4) is 0 Å². The third kappa shape index (κ3) is 5.80. The molecule has 8 heteroatoms. The van der Waals surface area contributed by atoms with Crippen molar-refractivity contribution in [1.29, 1.82) is 0 Å². The summed E-state index contributed by atoms with van der Waals surface area (Å²) >= 11 is 18.4. The summed E-state index contributed by atoms with van der Waals surface area (Å²) < 4.78 is 7.35. The first-order valence-corrected chi connectivity index (χ1v) is 10.9. The van der Waals surface area contributed by atoms with Crippen molar-refractivity contribution in [3.8, 4) is 0 Å². The minimum atomic E-state index is -1.58. The molecule has 2 atom stereocenters. The standard InChI is InChI=1S/C23H23Cl3N2O3/c1-15(2)21(16-3-5-17(24)6-4-16)22(29)31-13-23(30,12-28-10-9-27-14-28)19-8-7-18(25)11-20(19)26/h3-11,14-15,21,30H,12-13H2,1-2H3/t21-,23+/m0/s1. The maximum absolute atomic E-state index is 13.0. The van der Waals surface area contributed by atoms with Crippen molar-refractivity contribution in [2.24, 2.45) is 5.92 Å². The molecule has 164 valence electrons. The van der Waals surface area contributed by atoms with Crippen LogP contribution < -0.4 is 0 Å². The summed E-state index contributed by atoms with van der Waals surface area (Å²) in [5.74, 6) is -0.962. The first-order valence-electron chi connectivity index (χ1n) is 9.75. The lowest BCUT2D eigenvalue weighted by Crippen LogP contribution is -2.38. The molecule has 31 heavy (non-hydrogen) atoms. The van der Waals surface area contributed by atoms with E-state index in [-0.39, 0.29) is 24.1 Å². The van der Waals surface area contributed by atoms with E-state index in [9.17, 15) is 9.90 Å². The number of nitrogens with zero attached hydrogens (tertiary/aromatic N) is 2. The molecule has 1 N–H and O–H groups in total. The van der Waals surface area contributed by atoms with Gasteiger partial charge in [-0.25, -0.2) is 4.98 Å². The van der Waals surface area contributed by atoms with Gasteiger partial charge in [0.05, 0.1) is 18.8 Å². The summed E-state index contributed by atoms with van der Waals surface area (Å²) in [6.07, 6.45) is 4.88. The van der Waals surface area contributed by atoms with Gasteiger partial charge in [0.2, 0.25) is 0 Å². The molecule has 3 rings (SSSR count). The topological polar surface area (TPSA) is 64.3 Å². The third-order valence-electron chi connectivity index (χ3n) is 5.04. The fourth-order valence-electron chi connectivity index (χ4n) is 3.50. The molecule has 0 aliphatic carbocycles. The number of aromatic nitrogens is 2. The molecule has 1 aromatic heterocycles. The molecule has 0 unspecified atom stereocenters. The molecule has 0 aliphatic heterocycles. The normalized spacial score (nSPS) is 14.3. The van der Waals surface area contributed by atoms with E-state index in [4.69, 9.17) is 39.5 Å². The summed E-state index contributed by atoms with van der Waals surface area (Å²) in [7, 11) is 0. The number of carbonyl (C=O) groups excluding carboxylic acids is 1. The van der Waals surface area contributed by atoms with Crippen molar-refractivity contribution < 1.29 is 14.6 Å². The van der Waals surface area contributed by atoms with Crippen LogP contribution in [0, 0.1) is 5.92 Å². The second-order valence-corrected chi connectivity index (χ2v) is 9.05. The minimum absolute atomic E-state index is 0.0189. The lowest BCUT2D eigenvalue weighted by molar-refractivity contribution is -0.156. The van der Waals surface area contributed by atoms with Crippen molar-refractivity contribution in [3.05, 3.63) is 87.4 Å². The zero-order valence-electron chi connectivity index (χ0n) is 17.1. The number of imidazole rings is 1. The van der Waals surface area contributed by atoms with E-state index >= 15 is 0 Å². The lowest BCUT2D eigenvalue weighted by Gasteiger charge is -2.30. The van der Waals surface area contributed by atoms with E-state index in [1.54, 1.807) is 53.6 Å². The minimum Gasteiger partial charge on any atom is -0.462 e. The van der Waals surface area contributed by atoms with Gasteiger partial charge in [0, 0.05) is 33.0 Å². The number of carbonyl (C=O) groups is 1. The van der Waals surface area contributed by atoms with E-state index in [0.717, 1.165) is 5.56 Å². The first kappa shape index (κ1) is 23.6. The molecule has 2 aromatic carbocycles. The fraction of sp³-hybridized carbons (Fsp3) is 0.304. The highest BCUT2D eigenvalue weighted by molar-refractivity contribution is 6.35. The number of esters is 1. The van der Waals surface area contributed by atoms with Gasteiger partial charge < -0.3 is 14.4 Å². The third-order valence-corrected chi connectivity index (χ3v) is 5.84. The summed E-state index contributed by atoms with van der Waals surface area (Å²) in [5.41, 5.74) is -0.376. The molecular formula is C23H23Cl3N2O3. The van der Waals surface area contributed by atoms with Crippen LogP contribution >= 0.6 is 34.8 Å². The quantitative estimate of drug-likeness (QED) is 0.418. The van der Waals surface area contributed by atoms with Crippen molar-refractivity contribution in [2.75, 3.05) is 6.61 Å². The largest absolute Gasteiger partial charge is 0.462 e. The first-order chi connectivity index (χ1) is 14.7. The van der Waals surface area contributed by atoms with Gasteiger partial charge >= 0.3 is 5.97 Å². The SMILES string of the molecule is CC(C)[C@H](C(=O)OC[C@](O)(Cn1ccnc1)c1ccc(Cl)cc1Cl)c1ccc(Cl)cc1. The van der Waals surface area contributed by atoms with E-state index < -0.39 is 17.5 Å². The zero-order valence-corrected chi connectivity index (χ0v) is 19.4. The van der Waals surface area contributed by atoms with Gasteiger partial charge in [-0.05, 0) is 35.7 Å². The molecule has 0 saturated heterocycles. The second kappa shape index (κ2) is 10.0. The van der Waals surface area contributed by atoms with Crippen LogP contribution in [0.15, 0.2) is 61.2 Å². The van der Waals surface area contributed by atoms with Crippen LogP contribution in [0.2, 0.25) is 15.1 Å². The van der Waals surface area contributed by atoms with E-state index in [2.05, 4.69) is 4.98 Å². The predicted molar refractivity (Wildman–Crippen MR) is 123 cm³/mol. The highest BCUT2D eigenvalue weighted by Gasteiger charge is 2.36. The van der Waals surface area contributed by atoms with Gasteiger partial charge in [-0.3, -0.25) is 4.79 Å². The Kier molecular flexibility index (Phi) is 7.65. The maximum atomic E-state index is 13.0. The zero-order chi connectivity index (χ0) is 22.6. The van der Waals surface area contributed by atoms with Crippen molar-refractivity contribution >= 4 is 40.8 Å². The number of ether oxygens (including phenoxy) is 1. The van der Waals surface area contributed by atoms with Crippen molar-refractivity contribution in [1.82, 2.24) is 9.55 Å². The molecule has 0 amide bonds. The number of aliphatic hydroxyl groups is 1. The summed E-state index contributed by atoms with van der Waals surface area (Å²) in [6.45, 7) is 3.68. The Morgan fingerprint density at radius 1 is 1.13 bits per heavy atom. The average molecular weight is 482 g/mol. The molecule has 0 saturated carbocycles. The van der Waals surface area contributed by atoms with Crippen LogP contribution in [0.5, 0.6) is 0 Å². The Morgan fingerprint density at radius 3 is 2.39 bits per heavy atom. The van der Waals surface area contributed by atoms with Gasteiger partial charge in [-0.1, -0.05) is 66.8 Å². The lowest BCUT2D eigenvalue weighted by atomic mass is 9.88. The van der Waals surface area contributed by atoms with Crippen LogP contribution in [-0.2, 0) is 21.7 Å². The van der Waals surface area contributed by atoms with Gasteiger partial charge in [0.15, 0.2) is 0 Å². The Morgan fingerprint density at radius 2 is 1.81 bits per heavy atom. The fourth-order valence-corrected chi connectivity index (χ4v) is 4.21. The van der Waals surface area contributed by atoms with Crippen LogP contribution in [0.4, 0.5) is 0 Å². The number of rotatable bonds is 8. The molecule has 0 radical (unpaired) electrons. The van der Waals surface area contributed by atoms with E-state index in [1.165, 1.54) is 0 Å². The van der Waals surface area contributed by atoms with Crippen LogP contribution in [0.25, 0.3) is 0 Å². The summed E-state index contributed by atoms with van der Waals surface area (Å²) in [6, 6.07) is 11.9. The Hall–Kier alpha value is -2.05. The Labute approximate surface area is 196 Å². The molecule has 3 aromatic rings. The van der Waals surface area contributed by atoms with Gasteiger partial charge in [0.1, 0.15) is 12.2 Å². The van der Waals surface area contributed by atoms with E-state index in [1.807, 2.05) is 26.0 Å². The van der Waals surface area contributed by atoms with Gasteiger partial charge in [-0.2, -0.15) is 0 Å². The number of halogens is 3. The molecular weight excluding hydrogens is 459 g/mol. The highest BCUT2D eigenvalue weighted by atomic mass is 35.5. The molecule has 0 fully saturated rings. The number of hydrogen-bond acceptors (Lipinski definition) is 4. The second-order valence-electron chi connectivity index (χ2n) is 7.77. The van der Waals surface area contributed by atoms with E-state index in [0.29, 0.717) is 15.6 Å².